The molecule has 0 nitrogen and oxygen atoms in total. The number of hydrogen-bond acceptors (Lipinski definition) is 0. The molecule has 6 aromatic rings. The van der Waals surface area contributed by atoms with Crippen molar-refractivity contribution >= 4 is 27.0 Å². The molecule has 0 aliphatic heterocycles. The Labute approximate surface area is 267 Å². The van der Waals surface area contributed by atoms with E-state index in [1.165, 1.54) is 77.9 Å². The third kappa shape index (κ3) is 8.88. The summed E-state index contributed by atoms with van der Waals surface area (Å²) in [7, 11) is 0. The van der Waals surface area contributed by atoms with E-state index < -0.39 is 0 Å². The van der Waals surface area contributed by atoms with Crippen LogP contribution in [0.15, 0.2) is 121 Å². The Morgan fingerprint density at radius 2 is 1.02 bits per heavy atom. The van der Waals surface area contributed by atoms with E-state index in [0.717, 1.165) is 0 Å². The summed E-state index contributed by atoms with van der Waals surface area (Å²) in [5.74, 6) is 0.584. The van der Waals surface area contributed by atoms with Gasteiger partial charge in [-0.2, -0.15) is 12.1 Å². The van der Waals surface area contributed by atoms with Gasteiger partial charge in [0.1, 0.15) is 0 Å². The number of fused-ring (bicyclic) bond motifs is 2. The van der Waals surface area contributed by atoms with Crippen molar-refractivity contribution in [3.05, 3.63) is 132 Å². The molecule has 0 heterocycles. The van der Waals surface area contributed by atoms with Crippen LogP contribution in [-0.4, -0.2) is 5.49 Å². The average Bonchev–Trinajstić information content (AvgIpc) is 3.53. The van der Waals surface area contributed by atoms with E-state index in [-0.39, 0.29) is 30.3 Å². The summed E-state index contributed by atoms with van der Waals surface area (Å²) in [5, 5.41) is 5.40. The van der Waals surface area contributed by atoms with Crippen molar-refractivity contribution < 1.29 is 47.8 Å². The summed E-state index contributed by atoms with van der Waals surface area (Å²) < 4.78 is 0. The van der Waals surface area contributed by atoms with Crippen LogP contribution >= 0.6 is 0 Å². The molecule has 0 aliphatic rings. The van der Waals surface area contributed by atoms with E-state index in [1.54, 1.807) is 0 Å². The maximum absolute atomic E-state index is 2.34. The number of benzene rings is 4. The van der Waals surface area contributed by atoms with E-state index in [1.807, 2.05) is 0 Å². The normalized spacial score (nSPS) is 10.1. The fourth-order valence-electron chi connectivity index (χ4n) is 4.71. The Hall–Kier alpha value is -2.23. The molecule has 0 spiro atoms. The molecule has 0 atom stereocenters. The minimum absolute atomic E-state index is 0. The summed E-state index contributed by atoms with van der Waals surface area (Å²) in [6, 6.07) is 43.4. The quantitative estimate of drug-likeness (QED) is 0.183. The molecule has 6 rings (SSSR count). The van der Waals surface area contributed by atoms with Crippen molar-refractivity contribution in [3.8, 4) is 22.3 Å². The van der Waals surface area contributed by atoms with E-state index in [9.17, 15) is 0 Å². The molecule has 0 aromatic heterocycles. The van der Waals surface area contributed by atoms with Crippen LogP contribution in [0.1, 0.15) is 30.9 Å². The molecule has 204 valence electrons. The summed E-state index contributed by atoms with van der Waals surface area (Å²) >= 11 is 1.45. The van der Waals surface area contributed by atoms with Gasteiger partial charge in [-0.15, -0.1) is 69.1 Å². The SMILES string of the molecule is CC(C)c1cc2c(-c3ccccc3)cccc2[cH-]1.C[Si](C)=[Hf+2].Cc1cc2c(-c3ccccc3)cccc2[cH-]1.[Cl-].[Cl-]. The second kappa shape index (κ2) is 16.3. The Morgan fingerprint density at radius 1 is 0.600 bits per heavy atom. The summed E-state index contributed by atoms with van der Waals surface area (Å²) in [6.07, 6.45) is 0. The van der Waals surface area contributed by atoms with Gasteiger partial charge < -0.3 is 24.8 Å². The monoisotopic (exact) mass is 746 g/mol. The van der Waals surface area contributed by atoms with Gasteiger partial charge in [-0.05, 0) is 17.0 Å². The van der Waals surface area contributed by atoms with Gasteiger partial charge in [0.05, 0.1) is 0 Å². The van der Waals surface area contributed by atoms with Gasteiger partial charge in [0.2, 0.25) is 0 Å². The van der Waals surface area contributed by atoms with Gasteiger partial charge in [-0.3, -0.25) is 0 Å². The molecular formula is C36H36Cl2HfSi-2. The molecule has 0 amide bonds. The first-order valence-electron chi connectivity index (χ1n) is 13.3. The Kier molecular flexibility index (Phi) is 13.8. The van der Waals surface area contributed by atoms with Crippen molar-refractivity contribution in [1.82, 2.24) is 0 Å². The van der Waals surface area contributed by atoms with E-state index in [0.29, 0.717) is 5.92 Å². The first-order valence-corrected chi connectivity index (χ1v) is 21.2. The number of halogens is 2. The van der Waals surface area contributed by atoms with Crippen LogP contribution in [-0.2, 0) is 23.0 Å². The minimum Gasteiger partial charge on any atom is -1.00 e. The smallest absolute Gasteiger partial charge is 0.0279 e. The average molecular weight is 746 g/mol. The van der Waals surface area contributed by atoms with E-state index >= 15 is 0 Å². The molecule has 0 aliphatic carbocycles. The van der Waals surface area contributed by atoms with Gasteiger partial charge in [-0.1, -0.05) is 105 Å². The van der Waals surface area contributed by atoms with Crippen LogP contribution in [0.3, 0.4) is 0 Å². The topological polar surface area (TPSA) is 0 Å². The fourth-order valence-corrected chi connectivity index (χ4v) is 4.71. The first-order chi connectivity index (χ1) is 18.3. The van der Waals surface area contributed by atoms with Crippen molar-refractivity contribution in [2.45, 2.75) is 39.8 Å². The zero-order chi connectivity index (χ0) is 27.1. The molecule has 40 heavy (non-hydrogen) atoms. The summed E-state index contributed by atoms with van der Waals surface area (Å²) in [4.78, 5) is 0. The Bertz CT molecular complexity index is 1630. The molecule has 0 N–H and O–H groups in total. The van der Waals surface area contributed by atoms with Crippen molar-refractivity contribution in [3.63, 3.8) is 0 Å². The Balaban J connectivity index is 0.000000238. The number of rotatable bonds is 3. The van der Waals surface area contributed by atoms with Gasteiger partial charge in [-0.25, -0.2) is 0 Å². The van der Waals surface area contributed by atoms with Crippen LogP contribution in [0.5, 0.6) is 0 Å². The van der Waals surface area contributed by atoms with Crippen LogP contribution in [0, 0.1) is 6.92 Å². The molecule has 4 heteroatoms. The van der Waals surface area contributed by atoms with Crippen LogP contribution < -0.4 is 24.8 Å². The number of hydrogen-bond donors (Lipinski definition) is 0. The van der Waals surface area contributed by atoms with Crippen molar-refractivity contribution in [2.24, 2.45) is 0 Å². The molecule has 6 aromatic carbocycles. The zero-order valence-electron chi connectivity index (χ0n) is 23.9. The fraction of sp³-hybridized carbons (Fsp3) is 0.167. The number of aryl methyl sites for hydroxylation is 1. The van der Waals surface area contributed by atoms with Crippen molar-refractivity contribution in [1.29, 1.82) is 0 Å². The van der Waals surface area contributed by atoms with Crippen LogP contribution in [0.2, 0.25) is 13.1 Å². The third-order valence-corrected chi connectivity index (χ3v) is 6.50. The Morgan fingerprint density at radius 3 is 1.48 bits per heavy atom. The maximum atomic E-state index is 2.34. The summed E-state index contributed by atoms with van der Waals surface area (Å²) in [5.41, 5.74) is 8.26. The predicted octanol–water partition coefficient (Wildman–Crippen LogP) is 4.68. The second-order valence-corrected chi connectivity index (χ2v) is 23.1. The molecule has 0 radical (unpaired) electrons. The largest absolute Gasteiger partial charge is 1.00 e. The molecule has 0 bridgehead atoms. The van der Waals surface area contributed by atoms with Gasteiger partial charge in [0.15, 0.2) is 0 Å². The van der Waals surface area contributed by atoms with Crippen LogP contribution in [0.25, 0.3) is 43.8 Å². The van der Waals surface area contributed by atoms with E-state index in [2.05, 4.69) is 155 Å². The first kappa shape index (κ1) is 34.0. The predicted molar refractivity (Wildman–Crippen MR) is 166 cm³/mol. The molecule has 0 saturated carbocycles. The zero-order valence-corrected chi connectivity index (χ0v) is 30.0. The molecule has 0 unspecified atom stereocenters. The molecule has 0 fully saturated rings. The second-order valence-electron chi connectivity index (χ2n) is 10.3. The van der Waals surface area contributed by atoms with Crippen molar-refractivity contribution in [2.75, 3.05) is 0 Å². The minimum atomic E-state index is 0. The van der Waals surface area contributed by atoms with Gasteiger partial charge >= 0.3 is 41.6 Å². The van der Waals surface area contributed by atoms with Gasteiger partial charge in [0.25, 0.3) is 0 Å². The van der Waals surface area contributed by atoms with Gasteiger partial charge in [0, 0.05) is 0 Å². The van der Waals surface area contributed by atoms with Crippen LogP contribution in [0.4, 0.5) is 0 Å². The third-order valence-electron chi connectivity index (χ3n) is 6.50. The maximum Gasteiger partial charge on any atom is -0.0279 e. The van der Waals surface area contributed by atoms with E-state index in [4.69, 9.17) is 0 Å². The molecular weight excluding hydrogens is 710 g/mol. The summed E-state index contributed by atoms with van der Waals surface area (Å²) in [6.45, 7) is 11.3. The standard InChI is InChI=1S/C18H17.C16H13.C2H6Si.2ClH.Hf/c1-13(2)16-11-15-9-6-10-17(18(15)12-16)14-7-4-3-5-8-14;1-12-10-14-8-5-9-15(16(14)11-12)13-6-3-2-4-7-13;1-3-2;;;/h3-13H,1-2H3;2-11H,1H3;1-2H3;2*1H;/q2*-1;;;;+2/p-2. The molecule has 0 saturated heterocycles.